The number of carbonyl (C=O) groups excluding carboxylic acids is 1. The molecular weight excluding hydrogens is 386 g/mol. The van der Waals surface area contributed by atoms with Crippen molar-refractivity contribution >= 4 is 39.2 Å². The highest BCUT2D eigenvalue weighted by molar-refractivity contribution is 7.20. The molecule has 0 spiro atoms. The summed E-state index contributed by atoms with van der Waals surface area (Å²) in [6.07, 6.45) is -0.320. The number of nitrogens with zero attached hydrogens (tertiary/aromatic N) is 3. The van der Waals surface area contributed by atoms with E-state index in [1.165, 1.54) is 11.3 Å². The Balaban J connectivity index is 1.38. The van der Waals surface area contributed by atoms with E-state index in [4.69, 9.17) is 21.1 Å². The quantitative estimate of drug-likeness (QED) is 0.645. The Bertz CT molecular complexity index is 952. The Morgan fingerprint density at radius 1 is 1.07 bits per heavy atom. The van der Waals surface area contributed by atoms with Crippen molar-refractivity contribution < 1.29 is 14.3 Å². The molecule has 1 aliphatic rings. The second-order valence-corrected chi connectivity index (χ2v) is 7.75. The van der Waals surface area contributed by atoms with Gasteiger partial charge in [0.25, 0.3) is 5.19 Å². The van der Waals surface area contributed by atoms with Gasteiger partial charge in [0.1, 0.15) is 11.5 Å². The van der Waals surface area contributed by atoms with Crippen LogP contribution in [0.5, 0.6) is 16.7 Å². The molecule has 2 heterocycles. The molecule has 0 unspecified atom stereocenters. The summed E-state index contributed by atoms with van der Waals surface area (Å²) in [6, 6.07) is 12.5. The number of ether oxygens (including phenoxy) is 2. The van der Waals surface area contributed by atoms with E-state index in [0.29, 0.717) is 34.8 Å². The van der Waals surface area contributed by atoms with Gasteiger partial charge in [0.05, 0.1) is 10.2 Å². The van der Waals surface area contributed by atoms with Gasteiger partial charge in [0, 0.05) is 31.2 Å². The molecule has 140 valence electrons. The molecule has 2 aromatic carbocycles. The third-order valence-electron chi connectivity index (χ3n) is 4.33. The van der Waals surface area contributed by atoms with Crippen LogP contribution in [-0.4, -0.2) is 54.1 Å². The van der Waals surface area contributed by atoms with Crippen LogP contribution in [0.25, 0.3) is 10.2 Å². The summed E-state index contributed by atoms with van der Waals surface area (Å²) < 4.78 is 12.2. The third kappa shape index (κ3) is 4.32. The van der Waals surface area contributed by atoms with Crippen LogP contribution in [0.4, 0.5) is 4.79 Å². The second kappa shape index (κ2) is 7.72. The number of halogens is 1. The lowest BCUT2D eigenvalue weighted by Crippen LogP contribution is -2.48. The molecule has 3 aromatic rings. The first-order chi connectivity index (χ1) is 13.1. The predicted octanol–water partition coefficient (Wildman–Crippen LogP) is 4.49. The van der Waals surface area contributed by atoms with Crippen molar-refractivity contribution in [1.82, 2.24) is 14.8 Å². The van der Waals surface area contributed by atoms with Crippen LogP contribution >= 0.6 is 22.9 Å². The van der Waals surface area contributed by atoms with E-state index in [1.54, 1.807) is 35.2 Å². The smallest absolute Gasteiger partial charge is 0.415 e. The Hall–Kier alpha value is -2.35. The van der Waals surface area contributed by atoms with Crippen molar-refractivity contribution in [1.29, 1.82) is 0 Å². The number of benzene rings is 2. The molecule has 0 atom stereocenters. The van der Waals surface area contributed by atoms with Crippen LogP contribution < -0.4 is 9.47 Å². The van der Waals surface area contributed by atoms with Gasteiger partial charge in [0.15, 0.2) is 0 Å². The highest BCUT2D eigenvalue weighted by Crippen LogP contribution is 2.33. The summed E-state index contributed by atoms with van der Waals surface area (Å²) in [5.41, 5.74) is 0.845. The fourth-order valence-electron chi connectivity index (χ4n) is 2.75. The Kier molecular flexibility index (Phi) is 5.15. The maximum atomic E-state index is 12.2. The number of piperazine rings is 1. The maximum absolute atomic E-state index is 12.2. The van der Waals surface area contributed by atoms with Gasteiger partial charge < -0.3 is 19.3 Å². The number of likely N-dealkylation sites (N-methyl/N-ethyl adjacent to an activating group) is 1. The van der Waals surface area contributed by atoms with E-state index in [0.717, 1.165) is 23.3 Å². The molecule has 0 radical (unpaired) electrons. The van der Waals surface area contributed by atoms with E-state index in [9.17, 15) is 4.79 Å². The predicted molar refractivity (Wildman–Crippen MR) is 106 cm³/mol. The molecule has 0 N–H and O–H groups in total. The van der Waals surface area contributed by atoms with Crippen LogP contribution in [0, 0.1) is 0 Å². The molecule has 0 aliphatic carbocycles. The summed E-state index contributed by atoms with van der Waals surface area (Å²) >= 11 is 7.43. The molecular formula is C19H18ClN3O3S. The number of fused-ring (bicyclic) bond motifs is 1. The molecule has 4 rings (SSSR count). The zero-order valence-electron chi connectivity index (χ0n) is 14.7. The molecule has 1 saturated heterocycles. The number of carbonyl (C=O) groups is 1. The molecule has 1 aromatic heterocycles. The van der Waals surface area contributed by atoms with Crippen molar-refractivity contribution in [3.05, 3.63) is 47.5 Å². The number of thiazole rings is 1. The van der Waals surface area contributed by atoms with Crippen LogP contribution in [0.3, 0.4) is 0 Å². The van der Waals surface area contributed by atoms with Crippen LogP contribution in [0.1, 0.15) is 0 Å². The van der Waals surface area contributed by atoms with Crippen molar-refractivity contribution in [3.63, 3.8) is 0 Å². The van der Waals surface area contributed by atoms with Gasteiger partial charge in [-0.1, -0.05) is 22.9 Å². The highest BCUT2D eigenvalue weighted by Gasteiger charge is 2.20. The molecule has 1 amide bonds. The van der Waals surface area contributed by atoms with Crippen molar-refractivity contribution in [3.8, 4) is 16.7 Å². The first kappa shape index (κ1) is 18.0. The molecule has 0 bridgehead atoms. The van der Waals surface area contributed by atoms with Crippen molar-refractivity contribution in [2.75, 3.05) is 33.2 Å². The lowest BCUT2D eigenvalue weighted by molar-refractivity contribution is 0.120. The molecule has 6 nitrogen and oxygen atoms in total. The zero-order chi connectivity index (χ0) is 18.8. The van der Waals surface area contributed by atoms with Crippen molar-refractivity contribution in [2.24, 2.45) is 0 Å². The fourth-order valence-corrected chi connectivity index (χ4v) is 3.86. The Morgan fingerprint density at radius 3 is 2.52 bits per heavy atom. The van der Waals surface area contributed by atoms with Crippen LogP contribution in [-0.2, 0) is 0 Å². The minimum atomic E-state index is -0.320. The van der Waals surface area contributed by atoms with Crippen LogP contribution in [0.15, 0.2) is 42.5 Å². The van der Waals surface area contributed by atoms with Crippen molar-refractivity contribution in [2.45, 2.75) is 0 Å². The zero-order valence-corrected chi connectivity index (χ0v) is 16.3. The number of amides is 1. The van der Waals surface area contributed by atoms with Gasteiger partial charge in [-0.3, -0.25) is 0 Å². The number of rotatable bonds is 3. The third-order valence-corrected chi connectivity index (χ3v) is 5.46. The van der Waals surface area contributed by atoms with E-state index >= 15 is 0 Å². The number of aromatic nitrogens is 1. The minimum absolute atomic E-state index is 0.320. The topological polar surface area (TPSA) is 54.9 Å². The first-order valence-corrected chi connectivity index (χ1v) is 9.75. The Morgan fingerprint density at radius 2 is 1.78 bits per heavy atom. The second-order valence-electron chi connectivity index (χ2n) is 6.32. The molecule has 8 heteroatoms. The normalized spacial score (nSPS) is 15.1. The van der Waals surface area contributed by atoms with E-state index in [1.807, 2.05) is 19.2 Å². The molecule has 1 aliphatic heterocycles. The summed E-state index contributed by atoms with van der Waals surface area (Å²) in [5.74, 6) is 1.11. The Labute approximate surface area is 165 Å². The standard InChI is InChI=1S/C19H18ClN3O3S/c1-22-8-10-23(11-9-22)19(24)26-15-5-3-14(4-6-15)25-18-21-16-7-2-13(20)12-17(16)27-18/h2-7,12H,8-11H2,1H3. The minimum Gasteiger partial charge on any atom is -0.431 e. The summed E-state index contributed by atoms with van der Waals surface area (Å²) in [7, 11) is 2.04. The monoisotopic (exact) mass is 403 g/mol. The SMILES string of the molecule is CN1CCN(C(=O)Oc2ccc(Oc3nc4ccc(Cl)cc4s3)cc2)CC1. The van der Waals surface area contributed by atoms with E-state index in [2.05, 4.69) is 9.88 Å². The largest absolute Gasteiger partial charge is 0.431 e. The van der Waals surface area contributed by atoms with Gasteiger partial charge in [-0.15, -0.1) is 0 Å². The van der Waals surface area contributed by atoms with Crippen LogP contribution in [0.2, 0.25) is 5.02 Å². The maximum Gasteiger partial charge on any atom is 0.415 e. The van der Waals surface area contributed by atoms with Gasteiger partial charge in [-0.05, 0) is 49.5 Å². The van der Waals surface area contributed by atoms with Gasteiger partial charge in [-0.25, -0.2) is 9.78 Å². The first-order valence-electron chi connectivity index (χ1n) is 8.56. The van der Waals surface area contributed by atoms with Gasteiger partial charge >= 0.3 is 6.09 Å². The molecule has 1 fully saturated rings. The average molecular weight is 404 g/mol. The summed E-state index contributed by atoms with van der Waals surface area (Å²) in [4.78, 5) is 20.5. The average Bonchev–Trinajstić information content (AvgIpc) is 3.05. The molecule has 0 saturated carbocycles. The summed E-state index contributed by atoms with van der Waals surface area (Å²) in [5, 5.41) is 1.21. The van der Waals surface area contributed by atoms with Gasteiger partial charge in [-0.2, -0.15) is 0 Å². The number of hydrogen-bond donors (Lipinski definition) is 0. The fraction of sp³-hybridized carbons (Fsp3) is 0.263. The van der Waals surface area contributed by atoms with E-state index < -0.39 is 0 Å². The lowest BCUT2D eigenvalue weighted by Gasteiger charge is -2.31. The lowest BCUT2D eigenvalue weighted by atomic mass is 10.3. The van der Waals surface area contributed by atoms with Gasteiger partial charge in [0.2, 0.25) is 0 Å². The molecule has 27 heavy (non-hydrogen) atoms. The number of hydrogen-bond acceptors (Lipinski definition) is 6. The summed E-state index contributed by atoms with van der Waals surface area (Å²) in [6.45, 7) is 3.07. The van der Waals surface area contributed by atoms with E-state index in [-0.39, 0.29) is 6.09 Å². The highest BCUT2D eigenvalue weighted by atomic mass is 35.5.